The molecule has 0 amide bonds. The zero-order valence-corrected chi connectivity index (χ0v) is 16.9. The minimum absolute atomic E-state index is 0.197. The lowest BCUT2D eigenvalue weighted by molar-refractivity contribution is -0.132. The van der Waals surface area contributed by atoms with Crippen molar-refractivity contribution in [1.82, 2.24) is 14.9 Å². The summed E-state index contributed by atoms with van der Waals surface area (Å²) < 4.78 is 18.4. The maximum Gasteiger partial charge on any atom is 0.308 e. The highest BCUT2D eigenvalue weighted by Gasteiger charge is 2.65. The number of benzene rings is 1. The minimum atomic E-state index is -0.346. The van der Waals surface area contributed by atoms with Gasteiger partial charge in [0.2, 0.25) is 5.88 Å². The number of piperidine rings is 1. The van der Waals surface area contributed by atoms with E-state index in [1.165, 1.54) is 18.1 Å². The van der Waals surface area contributed by atoms with E-state index in [1.54, 1.807) is 18.6 Å². The van der Waals surface area contributed by atoms with Gasteiger partial charge in [0, 0.05) is 42.3 Å². The molecule has 4 aliphatic rings. The standard InChI is InChI=1S/C23H23N3O4/c1-13(27)28-17-5-3-14-11-16-15-4-6-18(29-19-12-24-8-9-25-19)22-23(15,7-10-26(16)2)20(14)21(17)30-22/h3-6,8-9,12,15-16,18,22H,7,10-11H2,1-2H3/t15-,16+,18-,22-,23-/m0/s1. The second kappa shape index (κ2) is 6.28. The van der Waals surface area contributed by atoms with Crippen LogP contribution in [0, 0.1) is 5.92 Å². The zero-order chi connectivity index (χ0) is 20.5. The monoisotopic (exact) mass is 405 g/mol. The van der Waals surface area contributed by atoms with E-state index in [4.69, 9.17) is 14.2 Å². The fraction of sp³-hybridized carbons (Fsp3) is 0.435. The maximum atomic E-state index is 11.7. The third kappa shape index (κ3) is 2.32. The summed E-state index contributed by atoms with van der Waals surface area (Å²) in [5, 5.41) is 0. The number of likely N-dealkylation sites (tertiary alicyclic amines) is 1. The predicted octanol–water partition coefficient (Wildman–Crippen LogP) is 2.29. The molecule has 1 fully saturated rings. The van der Waals surface area contributed by atoms with E-state index >= 15 is 0 Å². The Hall–Kier alpha value is -2.93. The number of nitrogens with zero attached hydrogens (tertiary/aromatic N) is 3. The lowest BCUT2D eigenvalue weighted by Crippen LogP contribution is -2.65. The van der Waals surface area contributed by atoms with Crippen LogP contribution in [0.4, 0.5) is 0 Å². The first-order chi connectivity index (χ1) is 14.6. The topological polar surface area (TPSA) is 73.8 Å². The van der Waals surface area contributed by atoms with Crippen molar-refractivity contribution < 1.29 is 19.0 Å². The fourth-order valence-electron chi connectivity index (χ4n) is 6.03. The predicted molar refractivity (Wildman–Crippen MR) is 108 cm³/mol. The van der Waals surface area contributed by atoms with Gasteiger partial charge in [0.05, 0.1) is 6.20 Å². The lowest BCUT2D eigenvalue weighted by Gasteiger charge is -2.56. The molecular formula is C23H23N3O4. The molecule has 1 aromatic carbocycles. The fourth-order valence-corrected chi connectivity index (χ4v) is 6.03. The molecule has 30 heavy (non-hydrogen) atoms. The van der Waals surface area contributed by atoms with Gasteiger partial charge in [-0.25, -0.2) is 4.98 Å². The molecule has 0 unspecified atom stereocenters. The summed E-state index contributed by atoms with van der Waals surface area (Å²) in [5.41, 5.74) is 2.29. The van der Waals surface area contributed by atoms with Gasteiger partial charge >= 0.3 is 5.97 Å². The summed E-state index contributed by atoms with van der Waals surface area (Å²) in [5.74, 6) is 1.66. The Kier molecular flexibility index (Phi) is 3.75. The first-order valence-corrected chi connectivity index (χ1v) is 10.4. The van der Waals surface area contributed by atoms with Crippen molar-refractivity contribution in [3.8, 4) is 17.4 Å². The highest BCUT2D eigenvalue weighted by atomic mass is 16.6. The van der Waals surface area contributed by atoms with E-state index in [0.29, 0.717) is 29.3 Å². The number of carbonyl (C=O) groups is 1. The van der Waals surface area contributed by atoms with E-state index in [2.05, 4.69) is 40.1 Å². The van der Waals surface area contributed by atoms with Crippen molar-refractivity contribution in [2.75, 3.05) is 13.6 Å². The molecular weight excluding hydrogens is 382 g/mol. The Morgan fingerprint density at radius 3 is 3.00 bits per heavy atom. The largest absolute Gasteiger partial charge is 0.481 e. The molecule has 3 heterocycles. The first-order valence-electron chi connectivity index (χ1n) is 10.4. The molecule has 0 saturated carbocycles. The van der Waals surface area contributed by atoms with Crippen molar-refractivity contribution >= 4 is 5.97 Å². The summed E-state index contributed by atoms with van der Waals surface area (Å²) in [6, 6.07) is 4.38. The molecule has 1 spiro atoms. The molecule has 2 aromatic rings. The number of likely N-dealkylation sites (N-methyl/N-ethyl adjacent to an activating group) is 1. The Balaban J connectivity index is 1.50. The lowest BCUT2D eigenvalue weighted by atomic mass is 9.53. The zero-order valence-electron chi connectivity index (χ0n) is 16.9. The number of aromatic nitrogens is 2. The van der Waals surface area contributed by atoms with Crippen LogP contribution in [0.3, 0.4) is 0 Å². The Bertz CT molecular complexity index is 1060. The summed E-state index contributed by atoms with van der Waals surface area (Å²) in [6.07, 6.45) is 10.7. The van der Waals surface area contributed by atoms with Crippen LogP contribution in [0.2, 0.25) is 0 Å². The molecule has 7 heteroatoms. The second-order valence-electron chi connectivity index (χ2n) is 8.64. The maximum absolute atomic E-state index is 11.7. The van der Waals surface area contributed by atoms with Gasteiger partial charge in [-0.15, -0.1) is 0 Å². The molecule has 154 valence electrons. The van der Waals surface area contributed by atoms with E-state index < -0.39 is 0 Å². The second-order valence-corrected chi connectivity index (χ2v) is 8.64. The van der Waals surface area contributed by atoms with Gasteiger partial charge in [-0.3, -0.25) is 9.78 Å². The van der Waals surface area contributed by atoms with E-state index in [-0.39, 0.29) is 23.6 Å². The molecule has 2 aliphatic heterocycles. The molecule has 5 atom stereocenters. The molecule has 2 aliphatic carbocycles. The van der Waals surface area contributed by atoms with E-state index in [1.807, 2.05) is 6.07 Å². The molecule has 0 radical (unpaired) electrons. The van der Waals surface area contributed by atoms with Crippen LogP contribution in [0.5, 0.6) is 17.4 Å². The quantitative estimate of drug-likeness (QED) is 0.441. The van der Waals surface area contributed by atoms with Crippen LogP contribution in [0.15, 0.2) is 42.9 Å². The van der Waals surface area contributed by atoms with E-state index in [9.17, 15) is 4.79 Å². The van der Waals surface area contributed by atoms with Gasteiger partial charge in [0.25, 0.3) is 0 Å². The minimum Gasteiger partial charge on any atom is -0.481 e. The van der Waals surface area contributed by atoms with Crippen molar-refractivity contribution in [2.45, 2.75) is 43.4 Å². The average Bonchev–Trinajstić information content (AvgIpc) is 3.09. The summed E-state index contributed by atoms with van der Waals surface area (Å²) in [6.45, 7) is 2.41. The third-order valence-corrected chi connectivity index (χ3v) is 7.17. The number of hydrogen-bond donors (Lipinski definition) is 0. The highest BCUT2D eigenvalue weighted by Crippen LogP contribution is 2.62. The Morgan fingerprint density at radius 1 is 1.30 bits per heavy atom. The van der Waals surface area contributed by atoms with Crippen molar-refractivity contribution in [2.24, 2.45) is 5.92 Å². The van der Waals surface area contributed by atoms with Gasteiger partial charge in [-0.2, -0.15) is 0 Å². The summed E-state index contributed by atoms with van der Waals surface area (Å²) >= 11 is 0. The van der Waals surface area contributed by atoms with Crippen LogP contribution < -0.4 is 14.2 Å². The smallest absolute Gasteiger partial charge is 0.308 e. The van der Waals surface area contributed by atoms with E-state index in [0.717, 1.165) is 19.4 Å². The van der Waals surface area contributed by atoms with Crippen LogP contribution in [0.25, 0.3) is 0 Å². The number of hydrogen-bond acceptors (Lipinski definition) is 7. The molecule has 1 saturated heterocycles. The van der Waals surface area contributed by atoms with Gasteiger partial charge in [0.1, 0.15) is 6.10 Å². The SMILES string of the molecule is CC(=O)Oc1ccc2c3c1O[C@H]1[C@@H](Oc4cnccn4)C=C[C@H]4[C@@H](C2)N(C)CC[C@@]341. The van der Waals surface area contributed by atoms with Crippen LogP contribution in [0.1, 0.15) is 24.5 Å². The van der Waals surface area contributed by atoms with Gasteiger partial charge in [-0.05, 0) is 44.1 Å². The van der Waals surface area contributed by atoms with Crippen LogP contribution >= 0.6 is 0 Å². The molecule has 1 aromatic heterocycles. The van der Waals surface area contributed by atoms with Crippen molar-refractivity contribution in [1.29, 1.82) is 0 Å². The van der Waals surface area contributed by atoms with Gasteiger partial charge < -0.3 is 19.1 Å². The van der Waals surface area contributed by atoms with Crippen LogP contribution in [-0.4, -0.2) is 52.7 Å². The number of rotatable bonds is 3. The Morgan fingerprint density at radius 2 is 2.20 bits per heavy atom. The third-order valence-electron chi connectivity index (χ3n) is 7.17. The number of carbonyl (C=O) groups excluding carboxylic acids is 1. The summed E-state index contributed by atoms with van der Waals surface area (Å²) in [7, 11) is 2.21. The summed E-state index contributed by atoms with van der Waals surface area (Å²) in [4.78, 5) is 22.6. The molecule has 6 rings (SSSR count). The van der Waals surface area contributed by atoms with Crippen LogP contribution in [-0.2, 0) is 16.6 Å². The average molecular weight is 405 g/mol. The van der Waals surface area contributed by atoms with Crippen molar-refractivity contribution in [3.05, 3.63) is 54.0 Å². The number of esters is 1. The first kappa shape index (κ1) is 17.9. The Labute approximate surface area is 174 Å². The van der Waals surface area contributed by atoms with Crippen molar-refractivity contribution in [3.63, 3.8) is 0 Å². The molecule has 0 N–H and O–H groups in total. The van der Waals surface area contributed by atoms with Gasteiger partial charge in [-0.1, -0.05) is 12.1 Å². The normalized spacial score (nSPS) is 32.9. The van der Waals surface area contributed by atoms with Gasteiger partial charge in [0.15, 0.2) is 17.6 Å². The number of ether oxygens (including phenoxy) is 3. The molecule has 2 bridgehead atoms. The highest BCUT2D eigenvalue weighted by molar-refractivity contribution is 5.72. The molecule has 7 nitrogen and oxygen atoms in total.